The summed E-state index contributed by atoms with van der Waals surface area (Å²) in [6, 6.07) is 5.05. The van der Waals surface area contributed by atoms with Gasteiger partial charge < -0.3 is 21.3 Å². The van der Waals surface area contributed by atoms with Gasteiger partial charge in [-0.3, -0.25) is 14.4 Å². The van der Waals surface area contributed by atoms with Gasteiger partial charge in [-0.15, -0.1) is 0 Å². The molecule has 1 saturated carbocycles. The van der Waals surface area contributed by atoms with Gasteiger partial charge in [0.25, 0.3) is 5.91 Å². The summed E-state index contributed by atoms with van der Waals surface area (Å²) in [5.41, 5.74) is 5.83. The summed E-state index contributed by atoms with van der Waals surface area (Å²) in [5, 5.41) is 20.9. The van der Waals surface area contributed by atoms with Gasteiger partial charge in [-0.1, -0.05) is 17.7 Å². The number of nitrogens with two attached hydrogens (primary N) is 1. The van der Waals surface area contributed by atoms with Crippen LogP contribution in [0.1, 0.15) is 10.4 Å². The van der Waals surface area contributed by atoms with Crippen LogP contribution in [0.15, 0.2) is 24.3 Å². The average Bonchev–Trinajstić information content (AvgIpc) is 3.18. The van der Waals surface area contributed by atoms with E-state index in [0.717, 1.165) is 0 Å². The van der Waals surface area contributed by atoms with E-state index in [2.05, 4.69) is 5.32 Å². The molecule has 5 N–H and O–H groups in total. The van der Waals surface area contributed by atoms with Gasteiger partial charge in [-0.25, -0.2) is 0 Å². The summed E-state index contributed by atoms with van der Waals surface area (Å²) in [5.74, 6) is -4.79. The van der Waals surface area contributed by atoms with Crippen LogP contribution in [0.4, 0.5) is 0 Å². The van der Waals surface area contributed by atoms with E-state index in [1.54, 1.807) is 18.2 Å². The Hall–Kier alpha value is -2.12. The quantitative estimate of drug-likeness (QED) is 0.599. The Balaban J connectivity index is 1.97. The second-order valence-corrected chi connectivity index (χ2v) is 5.63. The molecule has 22 heavy (non-hydrogen) atoms. The molecule has 0 heterocycles. The third-order valence-electron chi connectivity index (χ3n) is 3.80. The Morgan fingerprint density at radius 2 is 2.00 bits per heavy atom. The number of nitrogens with one attached hydrogen (secondary N) is 1. The van der Waals surface area contributed by atoms with Crippen LogP contribution in [0.25, 0.3) is 0 Å². The first kappa shape index (κ1) is 16.3. The van der Waals surface area contributed by atoms with Crippen LogP contribution < -0.4 is 11.1 Å². The molecule has 118 valence electrons. The monoisotopic (exact) mass is 326 g/mol. The minimum atomic E-state index is -1.26. The van der Waals surface area contributed by atoms with Crippen molar-refractivity contribution >= 4 is 29.4 Å². The molecule has 1 fully saturated rings. The van der Waals surface area contributed by atoms with Crippen molar-refractivity contribution in [1.29, 1.82) is 0 Å². The maximum absolute atomic E-state index is 12.0. The van der Waals surface area contributed by atoms with Crippen LogP contribution in [-0.2, 0) is 9.59 Å². The Bertz CT molecular complexity index is 621. The van der Waals surface area contributed by atoms with E-state index in [0.29, 0.717) is 10.6 Å². The number of hydrogen-bond donors (Lipinski definition) is 4. The zero-order chi connectivity index (χ0) is 16.4. The lowest BCUT2D eigenvalue weighted by molar-refractivity contribution is -0.140. The summed E-state index contributed by atoms with van der Waals surface area (Å²) < 4.78 is 0. The number of amides is 1. The summed E-state index contributed by atoms with van der Waals surface area (Å²) in [4.78, 5) is 33.9. The molecule has 8 heteroatoms. The minimum absolute atomic E-state index is 0.0496. The Morgan fingerprint density at radius 3 is 2.55 bits per heavy atom. The Kier molecular flexibility index (Phi) is 4.68. The van der Waals surface area contributed by atoms with E-state index in [9.17, 15) is 14.4 Å². The molecule has 1 aromatic carbocycles. The van der Waals surface area contributed by atoms with Gasteiger partial charge in [0, 0.05) is 23.0 Å². The second kappa shape index (κ2) is 6.33. The van der Waals surface area contributed by atoms with Gasteiger partial charge in [0.15, 0.2) is 0 Å². The van der Waals surface area contributed by atoms with Crippen molar-refractivity contribution in [2.24, 2.45) is 23.5 Å². The number of rotatable bonds is 6. The van der Waals surface area contributed by atoms with Crippen molar-refractivity contribution < 1.29 is 24.6 Å². The fourth-order valence-corrected chi connectivity index (χ4v) is 2.80. The van der Waals surface area contributed by atoms with Gasteiger partial charge in [0.1, 0.15) is 6.04 Å². The maximum Gasteiger partial charge on any atom is 0.320 e. The summed E-state index contributed by atoms with van der Waals surface area (Å²) in [7, 11) is 0. The predicted octanol–water partition coefficient (Wildman–Crippen LogP) is 0.429. The minimum Gasteiger partial charge on any atom is -0.481 e. The highest BCUT2D eigenvalue weighted by atomic mass is 35.5. The highest BCUT2D eigenvalue weighted by Gasteiger charge is 2.59. The number of hydrogen-bond acceptors (Lipinski definition) is 4. The van der Waals surface area contributed by atoms with Crippen LogP contribution in [-0.4, -0.2) is 40.6 Å². The predicted molar refractivity (Wildman–Crippen MR) is 77.5 cm³/mol. The normalized spacial score (nSPS) is 24.4. The SMILES string of the molecule is NC(C(=O)O)[C@H]1[C@@H](CNC(=O)c2cccc(Cl)c2)[C@@H]1C(=O)O. The van der Waals surface area contributed by atoms with Gasteiger partial charge in [-0.2, -0.15) is 0 Å². The number of benzene rings is 1. The average molecular weight is 327 g/mol. The number of carbonyl (C=O) groups excluding carboxylic acids is 1. The number of aliphatic carboxylic acids is 2. The number of carbonyl (C=O) groups is 3. The van der Waals surface area contributed by atoms with E-state index in [1.807, 2.05) is 0 Å². The fourth-order valence-electron chi connectivity index (χ4n) is 2.61. The molecule has 2 rings (SSSR count). The molecule has 0 saturated heterocycles. The van der Waals surface area contributed by atoms with Crippen LogP contribution in [0.3, 0.4) is 0 Å². The number of carboxylic acids is 2. The first-order chi connectivity index (χ1) is 10.3. The van der Waals surface area contributed by atoms with Crippen molar-refractivity contribution in [3.63, 3.8) is 0 Å². The molecule has 0 spiro atoms. The lowest BCUT2D eigenvalue weighted by Gasteiger charge is -2.07. The molecule has 7 nitrogen and oxygen atoms in total. The lowest BCUT2D eigenvalue weighted by atomic mass is 10.1. The van der Waals surface area contributed by atoms with Gasteiger partial charge in [-0.05, 0) is 24.1 Å². The third kappa shape index (κ3) is 3.37. The second-order valence-electron chi connectivity index (χ2n) is 5.19. The lowest BCUT2D eigenvalue weighted by Crippen LogP contribution is -2.35. The molecular weight excluding hydrogens is 312 g/mol. The molecule has 1 aliphatic carbocycles. The zero-order valence-electron chi connectivity index (χ0n) is 11.4. The Morgan fingerprint density at radius 1 is 1.32 bits per heavy atom. The molecule has 1 aliphatic rings. The van der Waals surface area contributed by atoms with Crippen LogP contribution in [0.2, 0.25) is 5.02 Å². The Labute approximate surface area is 131 Å². The van der Waals surface area contributed by atoms with Gasteiger partial charge in [0.05, 0.1) is 5.92 Å². The summed E-state index contributed by atoms with van der Waals surface area (Å²) in [6.45, 7) is 0.0496. The van der Waals surface area contributed by atoms with E-state index in [1.165, 1.54) is 6.07 Å². The highest BCUT2D eigenvalue weighted by molar-refractivity contribution is 6.30. The first-order valence-corrected chi connectivity index (χ1v) is 6.95. The molecular formula is C14H15ClN2O5. The van der Waals surface area contributed by atoms with Crippen LogP contribution in [0, 0.1) is 17.8 Å². The fraction of sp³-hybridized carbons (Fsp3) is 0.357. The first-order valence-electron chi connectivity index (χ1n) is 6.58. The summed E-state index contributed by atoms with van der Waals surface area (Å²) >= 11 is 5.79. The van der Waals surface area contributed by atoms with E-state index in [-0.39, 0.29) is 6.54 Å². The number of carboxylic acid groups (broad SMARTS) is 2. The molecule has 4 atom stereocenters. The van der Waals surface area contributed by atoms with Crippen molar-refractivity contribution in [3.05, 3.63) is 34.9 Å². The van der Waals surface area contributed by atoms with Crippen LogP contribution >= 0.6 is 11.6 Å². The van der Waals surface area contributed by atoms with Crippen molar-refractivity contribution in [3.8, 4) is 0 Å². The van der Waals surface area contributed by atoms with Crippen molar-refractivity contribution in [2.45, 2.75) is 6.04 Å². The molecule has 1 amide bonds. The smallest absolute Gasteiger partial charge is 0.320 e. The number of halogens is 1. The van der Waals surface area contributed by atoms with E-state index >= 15 is 0 Å². The molecule has 0 aliphatic heterocycles. The highest BCUT2D eigenvalue weighted by Crippen LogP contribution is 2.47. The molecule has 0 radical (unpaired) electrons. The molecule has 1 unspecified atom stereocenters. The standard InChI is InChI=1S/C14H15ClN2O5/c15-7-3-1-2-6(4-7)12(18)17-5-8-9(10(8)13(19)20)11(16)14(21)22/h1-4,8-11H,5,16H2,(H,17,18)(H,19,20)(H,21,22)/t8-,9+,10+,11?/m1/s1. The maximum atomic E-state index is 12.0. The van der Waals surface area contributed by atoms with Gasteiger partial charge in [0.2, 0.25) is 0 Å². The summed E-state index contributed by atoms with van der Waals surface area (Å²) in [6.07, 6.45) is 0. The van der Waals surface area contributed by atoms with Crippen LogP contribution in [0.5, 0.6) is 0 Å². The van der Waals surface area contributed by atoms with Gasteiger partial charge >= 0.3 is 11.9 Å². The molecule has 0 aromatic heterocycles. The van der Waals surface area contributed by atoms with E-state index in [4.69, 9.17) is 27.5 Å². The van der Waals surface area contributed by atoms with Crippen molar-refractivity contribution in [1.82, 2.24) is 5.32 Å². The topological polar surface area (TPSA) is 130 Å². The molecule has 1 aromatic rings. The van der Waals surface area contributed by atoms with Crippen molar-refractivity contribution in [2.75, 3.05) is 6.54 Å². The molecule has 0 bridgehead atoms. The third-order valence-corrected chi connectivity index (χ3v) is 4.03. The van der Waals surface area contributed by atoms with E-state index < -0.39 is 41.6 Å². The zero-order valence-corrected chi connectivity index (χ0v) is 12.2. The largest absolute Gasteiger partial charge is 0.481 e.